The molecule has 0 spiro atoms. The molecule has 12 heteroatoms. The van der Waals surface area contributed by atoms with Crippen molar-refractivity contribution >= 4 is 57.2 Å². The largest absolute Gasteiger partial charge is 0.481 e. The Morgan fingerprint density at radius 3 is 2.20 bits per heavy atom. The molecule has 0 aliphatic carbocycles. The third-order valence-corrected chi connectivity index (χ3v) is 8.29. The minimum atomic E-state index is -1.10. The first kappa shape index (κ1) is 34.2. The number of fused-ring (bicyclic) bond motifs is 2. The number of carboxylic acid groups (broad SMARTS) is 1. The van der Waals surface area contributed by atoms with E-state index in [9.17, 15) is 24.0 Å². The van der Waals surface area contributed by atoms with Gasteiger partial charge in [0.25, 0.3) is 0 Å². The lowest BCUT2D eigenvalue weighted by Gasteiger charge is -2.25. The molecule has 3 amide bonds. The number of halogens is 1. The summed E-state index contributed by atoms with van der Waals surface area (Å²) in [5, 5.41) is 19.0. The zero-order chi connectivity index (χ0) is 33.7. The number of hydrogen-bond acceptors (Lipinski definition) is 7. The number of carbonyl (C=O) groups is 4. The van der Waals surface area contributed by atoms with Gasteiger partial charge in [0.15, 0.2) is 0 Å². The first-order valence-electron chi connectivity index (χ1n) is 15.0. The smallest absolute Gasteiger partial charge is 0.340 e. The Hall–Kier alpha value is -4.64. The first-order chi connectivity index (χ1) is 21.7. The number of rotatable bonds is 13. The fourth-order valence-corrected chi connectivity index (χ4v) is 5.38. The molecule has 0 aliphatic rings. The Kier molecular flexibility index (Phi) is 10.9. The quantitative estimate of drug-likeness (QED) is 0.121. The number of furan rings is 1. The van der Waals surface area contributed by atoms with E-state index >= 15 is 0 Å². The standard InChI is InChI=1S/C34H38ClN3O8/c1-17(2)31(33(43)36-12-6-7-30(40)41)38-32(42)26(13-21-8-10-22(35)11-9-21)37-29(39)15-25-19(4)24-14-23-18(3)20(5)45-27(23)16-28(24)46-34(25)44/h8-11,14,16-17,26,31H,6-7,12-13,15H2,1-5H3,(H,36,43)(H,37,39)(H,38,42)(H,40,41). The van der Waals surface area contributed by atoms with Crippen molar-refractivity contribution in [2.75, 3.05) is 6.54 Å². The molecule has 4 rings (SSSR count). The van der Waals surface area contributed by atoms with Gasteiger partial charge in [0.1, 0.15) is 29.0 Å². The molecule has 2 heterocycles. The van der Waals surface area contributed by atoms with Crippen LogP contribution in [0, 0.1) is 26.7 Å². The van der Waals surface area contributed by atoms with Crippen LogP contribution >= 0.6 is 11.6 Å². The van der Waals surface area contributed by atoms with Gasteiger partial charge in [-0.3, -0.25) is 19.2 Å². The average molecular weight is 652 g/mol. The van der Waals surface area contributed by atoms with Gasteiger partial charge in [-0.25, -0.2) is 4.79 Å². The number of nitrogens with one attached hydrogen (secondary N) is 3. The molecule has 2 aromatic heterocycles. The normalized spacial score (nSPS) is 12.7. The van der Waals surface area contributed by atoms with Crippen LogP contribution in [0.2, 0.25) is 5.02 Å². The molecule has 11 nitrogen and oxygen atoms in total. The maximum absolute atomic E-state index is 13.6. The highest BCUT2D eigenvalue weighted by Gasteiger charge is 2.29. The zero-order valence-electron chi connectivity index (χ0n) is 26.4. The predicted molar refractivity (Wildman–Crippen MR) is 174 cm³/mol. The van der Waals surface area contributed by atoms with Gasteiger partial charge in [-0.2, -0.15) is 0 Å². The fourth-order valence-electron chi connectivity index (χ4n) is 5.25. The van der Waals surface area contributed by atoms with Crippen molar-refractivity contribution in [2.24, 2.45) is 5.92 Å². The Bertz CT molecular complexity index is 1840. The second-order valence-corrected chi connectivity index (χ2v) is 12.2. The number of carbonyl (C=O) groups excluding carboxylic acids is 3. The fraction of sp³-hybridized carbons (Fsp3) is 0.382. The van der Waals surface area contributed by atoms with E-state index in [0.717, 1.165) is 16.7 Å². The van der Waals surface area contributed by atoms with Gasteiger partial charge in [0.05, 0.1) is 12.0 Å². The van der Waals surface area contributed by atoms with Crippen molar-refractivity contribution in [3.05, 3.63) is 79.9 Å². The second kappa shape index (κ2) is 14.6. The number of aliphatic carboxylic acids is 1. The van der Waals surface area contributed by atoms with Crippen molar-refractivity contribution < 1.29 is 33.1 Å². The number of hydrogen-bond donors (Lipinski definition) is 4. The topological polar surface area (TPSA) is 168 Å². The van der Waals surface area contributed by atoms with E-state index in [-0.39, 0.29) is 43.7 Å². The summed E-state index contributed by atoms with van der Waals surface area (Å²) in [4.78, 5) is 63.8. The van der Waals surface area contributed by atoms with Crippen LogP contribution in [0.25, 0.3) is 21.9 Å². The van der Waals surface area contributed by atoms with Crippen LogP contribution < -0.4 is 21.6 Å². The highest BCUT2D eigenvalue weighted by atomic mass is 35.5. The first-order valence-corrected chi connectivity index (χ1v) is 15.4. The molecule has 244 valence electrons. The average Bonchev–Trinajstić information content (AvgIpc) is 3.27. The van der Waals surface area contributed by atoms with Crippen LogP contribution in [0.5, 0.6) is 0 Å². The number of carboxylic acids is 1. The van der Waals surface area contributed by atoms with Crippen molar-refractivity contribution in [2.45, 2.75) is 72.4 Å². The summed E-state index contributed by atoms with van der Waals surface area (Å²) in [5.74, 6) is -2.18. The third-order valence-electron chi connectivity index (χ3n) is 8.04. The number of aryl methyl sites for hydroxylation is 3. The van der Waals surface area contributed by atoms with Gasteiger partial charge in [-0.1, -0.05) is 37.6 Å². The van der Waals surface area contributed by atoms with Crippen LogP contribution in [0.4, 0.5) is 0 Å². The molecule has 2 aromatic carbocycles. The van der Waals surface area contributed by atoms with E-state index in [1.54, 1.807) is 51.1 Å². The van der Waals surface area contributed by atoms with Gasteiger partial charge < -0.3 is 29.9 Å². The molecule has 4 aromatic rings. The van der Waals surface area contributed by atoms with E-state index in [1.807, 2.05) is 19.9 Å². The number of benzene rings is 2. The lowest BCUT2D eigenvalue weighted by molar-refractivity contribution is -0.137. The highest BCUT2D eigenvalue weighted by Crippen LogP contribution is 2.31. The van der Waals surface area contributed by atoms with Crippen LogP contribution in [-0.4, -0.2) is 47.4 Å². The van der Waals surface area contributed by atoms with Gasteiger partial charge in [-0.05, 0) is 68.0 Å². The minimum Gasteiger partial charge on any atom is -0.481 e. The molecule has 46 heavy (non-hydrogen) atoms. The van der Waals surface area contributed by atoms with Crippen LogP contribution in [-0.2, 0) is 32.0 Å². The number of amides is 3. The van der Waals surface area contributed by atoms with Crippen molar-refractivity contribution in [3.63, 3.8) is 0 Å². The summed E-state index contributed by atoms with van der Waals surface area (Å²) < 4.78 is 11.4. The molecular formula is C34H38ClN3O8. The maximum atomic E-state index is 13.6. The molecule has 0 saturated carbocycles. The Balaban J connectivity index is 1.56. The van der Waals surface area contributed by atoms with E-state index in [1.165, 1.54) is 0 Å². The SMILES string of the molecule is Cc1oc2cc3oc(=O)c(CC(=O)NC(Cc4ccc(Cl)cc4)C(=O)NC(C(=O)NCCCC(=O)O)C(C)C)c(C)c3cc2c1C. The molecule has 4 N–H and O–H groups in total. The van der Waals surface area contributed by atoms with Gasteiger partial charge in [0, 0.05) is 41.2 Å². The molecule has 2 unspecified atom stereocenters. The summed E-state index contributed by atoms with van der Waals surface area (Å²) in [6.07, 6.45) is -0.116. The van der Waals surface area contributed by atoms with Gasteiger partial charge >= 0.3 is 11.6 Å². The van der Waals surface area contributed by atoms with Crippen LogP contribution in [0.3, 0.4) is 0 Å². The molecular weight excluding hydrogens is 614 g/mol. The van der Waals surface area contributed by atoms with E-state index < -0.39 is 41.4 Å². The minimum absolute atomic E-state index is 0.0855. The Labute approximate surface area is 270 Å². The highest BCUT2D eigenvalue weighted by molar-refractivity contribution is 6.30. The van der Waals surface area contributed by atoms with E-state index in [4.69, 9.17) is 25.5 Å². The molecule has 0 aliphatic heterocycles. The molecule has 0 fully saturated rings. The van der Waals surface area contributed by atoms with E-state index in [2.05, 4.69) is 16.0 Å². The lowest BCUT2D eigenvalue weighted by Crippen LogP contribution is -2.56. The van der Waals surface area contributed by atoms with E-state index in [0.29, 0.717) is 32.7 Å². The monoisotopic (exact) mass is 651 g/mol. The lowest BCUT2D eigenvalue weighted by atomic mass is 9.99. The van der Waals surface area contributed by atoms with Crippen LogP contribution in [0.15, 0.2) is 50.0 Å². The predicted octanol–water partition coefficient (Wildman–Crippen LogP) is 4.51. The summed E-state index contributed by atoms with van der Waals surface area (Å²) in [7, 11) is 0. The molecule has 0 radical (unpaired) electrons. The summed E-state index contributed by atoms with van der Waals surface area (Å²) in [6.45, 7) is 9.19. The van der Waals surface area contributed by atoms with Crippen molar-refractivity contribution in [1.29, 1.82) is 0 Å². The van der Waals surface area contributed by atoms with Crippen molar-refractivity contribution in [3.8, 4) is 0 Å². The molecule has 0 saturated heterocycles. The van der Waals surface area contributed by atoms with Crippen molar-refractivity contribution in [1.82, 2.24) is 16.0 Å². The summed E-state index contributed by atoms with van der Waals surface area (Å²) in [6, 6.07) is 8.30. The second-order valence-electron chi connectivity index (χ2n) is 11.8. The third kappa shape index (κ3) is 8.14. The van der Waals surface area contributed by atoms with Gasteiger partial charge in [0.2, 0.25) is 17.7 Å². The Morgan fingerprint density at radius 1 is 0.891 bits per heavy atom. The molecule has 0 bridgehead atoms. The zero-order valence-corrected chi connectivity index (χ0v) is 27.2. The Morgan fingerprint density at radius 2 is 1.54 bits per heavy atom. The van der Waals surface area contributed by atoms with Crippen LogP contribution in [0.1, 0.15) is 54.7 Å². The van der Waals surface area contributed by atoms with Gasteiger partial charge in [-0.15, -0.1) is 0 Å². The maximum Gasteiger partial charge on any atom is 0.340 e. The summed E-state index contributed by atoms with van der Waals surface area (Å²) >= 11 is 6.04. The molecule has 2 atom stereocenters. The summed E-state index contributed by atoms with van der Waals surface area (Å²) in [5.41, 5.74) is 2.69.